The monoisotopic (exact) mass is 168 g/mol. The van der Waals surface area contributed by atoms with E-state index in [4.69, 9.17) is 0 Å². The third kappa shape index (κ3) is 10.2. The minimum atomic E-state index is 0. The second kappa shape index (κ2) is 27.0. The van der Waals surface area contributed by atoms with E-state index in [1.807, 2.05) is 0 Å². The minimum Gasteiger partial charge on any atom is 0 e. The molecule has 3 heteroatoms. The van der Waals surface area contributed by atoms with E-state index in [0.717, 1.165) is 0 Å². The van der Waals surface area contributed by atoms with E-state index in [2.05, 4.69) is 0 Å². The van der Waals surface area contributed by atoms with E-state index in [9.17, 15) is 0 Å². The van der Waals surface area contributed by atoms with Gasteiger partial charge < -0.3 is 0 Å². The molecule has 0 bridgehead atoms. The van der Waals surface area contributed by atoms with Crippen LogP contribution in [0.2, 0.25) is 0 Å². The van der Waals surface area contributed by atoms with E-state index in [0.29, 0.717) is 0 Å². The van der Waals surface area contributed by atoms with Crippen molar-refractivity contribution < 1.29 is 39.7 Å². The zero-order valence-corrected chi connectivity index (χ0v) is 5.41. The molecule has 0 fully saturated rings. The van der Waals surface area contributed by atoms with Gasteiger partial charge in [-0.15, -0.1) is 0 Å². The maximum atomic E-state index is 0. The normalized spacial score (nSPS) is 0. The summed E-state index contributed by atoms with van der Waals surface area (Å²) in [5.41, 5.74) is 0. The molecule has 0 nitrogen and oxygen atoms in total. The van der Waals surface area contributed by atoms with Crippen LogP contribution < -0.4 is 0 Å². The van der Waals surface area contributed by atoms with Crippen molar-refractivity contribution in [2.75, 3.05) is 0 Å². The molecule has 0 unspecified atom stereocenters. The maximum absolute atomic E-state index is 0. The maximum Gasteiger partial charge on any atom is 0 e. The van der Waals surface area contributed by atoms with E-state index in [1.54, 1.807) is 0 Å². The molecule has 0 aromatic rings. The second-order valence-electron chi connectivity index (χ2n) is 0. The fraction of sp³-hybridized carbons (Fsp3) is 0. The SMILES string of the molecule is [B].[C].[Cr].[Nb]. The Labute approximate surface area is 55.6 Å². The molecule has 0 spiro atoms. The summed E-state index contributed by atoms with van der Waals surface area (Å²) >= 11 is 0. The van der Waals surface area contributed by atoms with Crippen LogP contribution in [0, 0.1) is 7.43 Å². The number of hydrogen-bond acceptors (Lipinski definition) is 0. The van der Waals surface area contributed by atoms with Crippen LogP contribution in [0.1, 0.15) is 0 Å². The van der Waals surface area contributed by atoms with Crippen LogP contribution in [-0.4, -0.2) is 8.41 Å². The molecule has 0 aliphatic carbocycles. The Morgan fingerprint density at radius 3 is 1.00 bits per heavy atom. The fourth-order valence-electron chi connectivity index (χ4n) is 0. The average molecular weight is 168 g/mol. The van der Waals surface area contributed by atoms with Gasteiger partial charge in [0.15, 0.2) is 0 Å². The summed E-state index contributed by atoms with van der Waals surface area (Å²) in [4.78, 5) is 0. The largest absolute Gasteiger partial charge is 0 e. The first-order chi connectivity index (χ1) is 0. The Morgan fingerprint density at radius 2 is 1.00 bits per heavy atom. The Morgan fingerprint density at radius 1 is 1.00 bits per heavy atom. The van der Waals surface area contributed by atoms with Gasteiger partial charge in [-0.1, -0.05) is 0 Å². The van der Waals surface area contributed by atoms with Crippen LogP contribution in [0.25, 0.3) is 0 Å². The topological polar surface area (TPSA) is 0 Å². The molecule has 0 aromatic carbocycles. The minimum absolute atomic E-state index is 0. The van der Waals surface area contributed by atoms with E-state index >= 15 is 0 Å². The van der Waals surface area contributed by atoms with E-state index < -0.39 is 0 Å². The Kier molecular flexibility index (Phi) is 379. The summed E-state index contributed by atoms with van der Waals surface area (Å²) < 4.78 is 0. The van der Waals surface area contributed by atoms with Crippen molar-refractivity contribution >= 4 is 8.41 Å². The van der Waals surface area contributed by atoms with Crippen molar-refractivity contribution in [1.82, 2.24) is 0 Å². The molecule has 0 atom stereocenters. The van der Waals surface area contributed by atoms with Crippen molar-refractivity contribution in [3.63, 3.8) is 0 Å². The van der Waals surface area contributed by atoms with Gasteiger partial charge in [-0.3, -0.25) is 0 Å². The fourth-order valence-corrected chi connectivity index (χ4v) is 0. The molecule has 0 heterocycles. The summed E-state index contributed by atoms with van der Waals surface area (Å²) in [5, 5.41) is 0. The number of rotatable bonds is 0. The summed E-state index contributed by atoms with van der Waals surface area (Å²) in [7, 11) is 0. The first-order valence-electron chi connectivity index (χ1n) is 0. The van der Waals surface area contributed by atoms with Gasteiger partial charge in [0.05, 0.1) is 0 Å². The molecule has 0 aliphatic heterocycles. The van der Waals surface area contributed by atoms with Crippen molar-refractivity contribution in [3.8, 4) is 0 Å². The van der Waals surface area contributed by atoms with Crippen molar-refractivity contribution in [1.29, 1.82) is 0 Å². The Balaban J connectivity index is 0. The molecule has 0 saturated heterocycles. The van der Waals surface area contributed by atoms with E-state index in [-0.39, 0.29) is 55.6 Å². The molecule has 4 heavy (non-hydrogen) atoms. The summed E-state index contributed by atoms with van der Waals surface area (Å²) in [5.74, 6) is 0. The van der Waals surface area contributed by atoms with Gasteiger partial charge in [-0.05, 0) is 0 Å². The van der Waals surface area contributed by atoms with Gasteiger partial charge in [0.1, 0.15) is 0 Å². The van der Waals surface area contributed by atoms with Gasteiger partial charge in [0, 0.05) is 55.6 Å². The molecule has 0 N–H and O–H groups in total. The van der Waals surface area contributed by atoms with Crippen LogP contribution in [-0.2, 0) is 39.7 Å². The molecular formula is CBCrNb. The molecular weight excluding hydrogens is 168 g/mol. The van der Waals surface area contributed by atoms with Crippen molar-refractivity contribution in [2.24, 2.45) is 0 Å². The molecule has 0 aromatic heterocycles. The summed E-state index contributed by atoms with van der Waals surface area (Å²) in [6.07, 6.45) is 0. The van der Waals surface area contributed by atoms with Crippen molar-refractivity contribution in [3.05, 3.63) is 7.43 Å². The third-order valence-corrected chi connectivity index (χ3v) is 0. The molecule has 18 valence electrons. The van der Waals surface area contributed by atoms with Crippen LogP contribution in [0.4, 0.5) is 0 Å². The van der Waals surface area contributed by atoms with Gasteiger partial charge in [-0.2, -0.15) is 0 Å². The van der Waals surface area contributed by atoms with Gasteiger partial charge in [-0.25, -0.2) is 0 Å². The van der Waals surface area contributed by atoms with Crippen LogP contribution in [0.3, 0.4) is 0 Å². The molecule has 0 saturated carbocycles. The van der Waals surface area contributed by atoms with Gasteiger partial charge >= 0.3 is 0 Å². The first-order valence-corrected chi connectivity index (χ1v) is 0. The average Bonchev–Trinajstić information content (AvgIpc) is 0. The molecule has 8 radical (unpaired) electrons. The predicted octanol–water partition coefficient (Wildman–Crippen LogP) is -0.305. The summed E-state index contributed by atoms with van der Waals surface area (Å²) in [6, 6.07) is 0. The van der Waals surface area contributed by atoms with Crippen LogP contribution >= 0.6 is 0 Å². The summed E-state index contributed by atoms with van der Waals surface area (Å²) in [6.45, 7) is 0. The first kappa shape index (κ1) is 56.1. The Bertz CT molecular complexity index is 8.00. The zero-order valence-electron chi connectivity index (χ0n) is 1.93. The molecule has 0 rings (SSSR count). The quantitative estimate of drug-likeness (QED) is 0.435. The van der Waals surface area contributed by atoms with Crippen LogP contribution in [0.5, 0.6) is 0 Å². The van der Waals surface area contributed by atoms with Crippen molar-refractivity contribution in [2.45, 2.75) is 0 Å². The number of hydrogen-bond donors (Lipinski definition) is 0. The molecule has 0 aliphatic rings. The molecule has 0 amide bonds. The predicted molar refractivity (Wildman–Crippen MR) is 9.00 cm³/mol. The zero-order chi connectivity index (χ0) is 0. The smallest absolute Gasteiger partial charge is 0 e. The van der Waals surface area contributed by atoms with E-state index in [1.165, 1.54) is 0 Å². The Hall–Kier alpha value is 1.34. The van der Waals surface area contributed by atoms with Gasteiger partial charge in [0.2, 0.25) is 0 Å². The third-order valence-electron chi connectivity index (χ3n) is 0. The van der Waals surface area contributed by atoms with Gasteiger partial charge in [0.25, 0.3) is 0 Å². The standard InChI is InChI=1S/C.B.Cr.Nb. The second-order valence-corrected chi connectivity index (χ2v) is 0. The van der Waals surface area contributed by atoms with Crippen LogP contribution in [0.15, 0.2) is 0 Å².